The summed E-state index contributed by atoms with van der Waals surface area (Å²) in [6, 6.07) is 10.7. The van der Waals surface area contributed by atoms with Crippen LogP contribution in [-0.2, 0) is 14.3 Å². The van der Waals surface area contributed by atoms with E-state index in [-0.39, 0.29) is 12.5 Å². The first kappa shape index (κ1) is 16.8. The number of nitrogens with one attached hydrogen (secondary N) is 1. The molecule has 0 radical (unpaired) electrons. The standard InChI is InChI=1S/C17H17NO4S/c1-2-21-17(20)12-22-14-6-3-5-13(11-14)18-16(19)9-8-15-7-4-10-23-15/h3-11H,2,12H2,1H3,(H,18,19)/b9-8+. The van der Waals surface area contributed by atoms with Gasteiger partial charge in [-0.1, -0.05) is 12.1 Å². The van der Waals surface area contributed by atoms with Gasteiger partial charge in [-0.05, 0) is 36.6 Å². The zero-order chi connectivity index (χ0) is 16.5. The van der Waals surface area contributed by atoms with Gasteiger partial charge in [0.1, 0.15) is 5.75 Å². The zero-order valence-electron chi connectivity index (χ0n) is 12.7. The number of benzene rings is 1. The Morgan fingerprint density at radius 2 is 2.13 bits per heavy atom. The van der Waals surface area contributed by atoms with E-state index in [0.717, 1.165) is 4.88 Å². The highest BCUT2D eigenvalue weighted by molar-refractivity contribution is 7.10. The first-order valence-corrected chi connectivity index (χ1v) is 7.96. The van der Waals surface area contributed by atoms with Gasteiger partial charge in [0.15, 0.2) is 6.61 Å². The maximum Gasteiger partial charge on any atom is 0.344 e. The van der Waals surface area contributed by atoms with E-state index in [2.05, 4.69) is 5.32 Å². The number of rotatable bonds is 7. The molecule has 1 amide bonds. The number of esters is 1. The maximum absolute atomic E-state index is 11.9. The topological polar surface area (TPSA) is 64.6 Å². The molecule has 0 saturated heterocycles. The van der Waals surface area contributed by atoms with E-state index in [1.807, 2.05) is 17.5 Å². The van der Waals surface area contributed by atoms with Gasteiger partial charge in [-0.25, -0.2) is 4.79 Å². The van der Waals surface area contributed by atoms with E-state index >= 15 is 0 Å². The number of hydrogen-bond donors (Lipinski definition) is 1. The molecule has 0 unspecified atom stereocenters. The molecule has 1 N–H and O–H groups in total. The lowest BCUT2D eigenvalue weighted by Gasteiger charge is -2.08. The molecule has 120 valence electrons. The Labute approximate surface area is 138 Å². The van der Waals surface area contributed by atoms with Gasteiger partial charge in [-0.15, -0.1) is 11.3 Å². The van der Waals surface area contributed by atoms with Gasteiger partial charge in [-0.2, -0.15) is 0 Å². The van der Waals surface area contributed by atoms with Gasteiger partial charge in [0.25, 0.3) is 0 Å². The summed E-state index contributed by atoms with van der Waals surface area (Å²) in [6.07, 6.45) is 3.22. The molecule has 0 spiro atoms. The summed E-state index contributed by atoms with van der Waals surface area (Å²) in [7, 11) is 0. The highest BCUT2D eigenvalue weighted by atomic mass is 32.1. The molecular weight excluding hydrogens is 314 g/mol. The van der Waals surface area contributed by atoms with Crippen LogP contribution in [0.2, 0.25) is 0 Å². The average Bonchev–Trinajstić information content (AvgIpc) is 3.05. The first-order valence-electron chi connectivity index (χ1n) is 7.08. The molecule has 2 rings (SSSR count). The molecule has 5 nitrogen and oxygen atoms in total. The minimum atomic E-state index is -0.430. The molecule has 2 aromatic rings. The molecular formula is C17H17NO4S. The number of carbonyl (C=O) groups excluding carboxylic acids is 2. The largest absolute Gasteiger partial charge is 0.482 e. The van der Waals surface area contributed by atoms with Crippen LogP contribution in [0.25, 0.3) is 6.08 Å². The number of anilines is 1. The summed E-state index contributed by atoms with van der Waals surface area (Å²) in [5.41, 5.74) is 0.590. The Balaban J connectivity index is 1.89. The van der Waals surface area contributed by atoms with E-state index in [1.54, 1.807) is 48.6 Å². The molecule has 0 aliphatic rings. The highest BCUT2D eigenvalue weighted by Crippen LogP contribution is 2.17. The van der Waals surface area contributed by atoms with Gasteiger partial charge in [0.2, 0.25) is 5.91 Å². The second-order valence-electron chi connectivity index (χ2n) is 4.46. The molecule has 0 saturated carbocycles. The second-order valence-corrected chi connectivity index (χ2v) is 5.44. The molecule has 6 heteroatoms. The first-order chi connectivity index (χ1) is 11.2. The third kappa shape index (κ3) is 5.96. The smallest absolute Gasteiger partial charge is 0.344 e. The van der Waals surface area contributed by atoms with Gasteiger partial charge in [0, 0.05) is 22.7 Å². The Morgan fingerprint density at radius 3 is 2.87 bits per heavy atom. The fraction of sp³-hybridized carbons (Fsp3) is 0.176. The van der Waals surface area contributed by atoms with E-state index in [9.17, 15) is 9.59 Å². The van der Waals surface area contributed by atoms with Crippen molar-refractivity contribution in [1.82, 2.24) is 0 Å². The summed E-state index contributed by atoms with van der Waals surface area (Å²) in [4.78, 5) is 24.1. The molecule has 0 fully saturated rings. The number of carbonyl (C=O) groups is 2. The minimum absolute atomic E-state index is 0.163. The van der Waals surface area contributed by atoms with Crippen LogP contribution in [0.5, 0.6) is 5.75 Å². The summed E-state index contributed by atoms with van der Waals surface area (Å²) in [6.45, 7) is 1.89. The molecule has 23 heavy (non-hydrogen) atoms. The predicted molar refractivity (Wildman–Crippen MR) is 90.6 cm³/mol. The Kier molecular flexibility index (Phi) is 6.38. The van der Waals surface area contributed by atoms with Crippen LogP contribution in [0.4, 0.5) is 5.69 Å². The van der Waals surface area contributed by atoms with Crippen molar-refractivity contribution < 1.29 is 19.1 Å². The van der Waals surface area contributed by atoms with Gasteiger partial charge in [0.05, 0.1) is 6.61 Å². The van der Waals surface area contributed by atoms with Crippen molar-refractivity contribution >= 4 is 35.0 Å². The minimum Gasteiger partial charge on any atom is -0.482 e. The fourth-order valence-electron chi connectivity index (χ4n) is 1.74. The van der Waals surface area contributed by atoms with Crippen molar-refractivity contribution in [2.75, 3.05) is 18.5 Å². The number of thiophene rings is 1. The van der Waals surface area contributed by atoms with Gasteiger partial charge in [-0.3, -0.25) is 4.79 Å². The van der Waals surface area contributed by atoms with Crippen LogP contribution in [0.15, 0.2) is 47.9 Å². The van der Waals surface area contributed by atoms with E-state index in [0.29, 0.717) is 18.0 Å². The van der Waals surface area contributed by atoms with Gasteiger partial charge < -0.3 is 14.8 Å². The Morgan fingerprint density at radius 1 is 1.26 bits per heavy atom. The lowest BCUT2D eigenvalue weighted by molar-refractivity contribution is -0.145. The third-order valence-electron chi connectivity index (χ3n) is 2.71. The normalized spacial score (nSPS) is 10.5. The van der Waals surface area contributed by atoms with Crippen LogP contribution in [0.3, 0.4) is 0 Å². The van der Waals surface area contributed by atoms with Crippen LogP contribution >= 0.6 is 11.3 Å². The van der Waals surface area contributed by atoms with Crippen LogP contribution in [-0.4, -0.2) is 25.1 Å². The molecule has 0 aliphatic heterocycles. The second kappa shape index (κ2) is 8.75. The summed E-state index contributed by atoms with van der Waals surface area (Å²) < 4.78 is 10.1. The number of ether oxygens (including phenoxy) is 2. The average molecular weight is 331 g/mol. The van der Waals surface area contributed by atoms with Crippen molar-refractivity contribution in [2.45, 2.75) is 6.92 Å². The molecule has 0 aliphatic carbocycles. The summed E-state index contributed by atoms with van der Waals surface area (Å²) in [5, 5.41) is 4.69. The molecule has 0 bridgehead atoms. The Bertz CT molecular complexity index is 680. The van der Waals surface area contributed by atoms with E-state index in [1.165, 1.54) is 6.08 Å². The molecule has 1 aromatic carbocycles. The number of amides is 1. The van der Waals surface area contributed by atoms with Crippen molar-refractivity contribution in [2.24, 2.45) is 0 Å². The van der Waals surface area contributed by atoms with Crippen LogP contribution < -0.4 is 10.1 Å². The van der Waals surface area contributed by atoms with Crippen LogP contribution in [0, 0.1) is 0 Å². The monoisotopic (exact) mass is 331 g/mol. The van der Waals surface area contributed by atoms with Gasteiger partial charge >= 0.3 is 5.97 Å². The van der Waals surface area contributed by atoms with E-state index < -0.39 is 5.97 Å². The van der Waals surface area contributed by atoms with E-state index in [4.69, 9.17) is 9.47 Å². The van der Waals surface area contributed by atoms with Crippen molar-refractivity contribution in [3.05, 3.63) is 52.7 Å². The third-order valence-corrected chi connectivity index (χ3v) is 3.54. The summed E-state index contributed by atoms with van der Waals surface area (Å²) >= 11 is 1.56. The summed E-state index contributed by atoms with van der Waals surface area (Å²) in [5.74, 6) is -0.181. The van der Waals surface area contributed by atoms with Crippen molar-refractivity contribution in [3.8, 4) is 5.75 Å². The predicted octanol–water partition coefficient (Wildman–Crippen LogP) is 3.34. The lowest BCUT2D eigenvalue weighted by atomic mass is 10.3. The number of hydrogen-bond acceptors (Lipinski definition) is 5. The lowest BCUT2D eigenvalue weighted by Crippen LogP contribution is -2.14. The molecule has 1 aromatic heterocycles. The molecule has 1 heterocycles. The van der Waals surface area contributed by atoms with Crippen molar-refractivity contribution in [3.63, 3.8) is 0 Å². The fourth-order valence-corrected chi connectivity index (χ4v) is 2.35. The highest BCUT2D eigenvalue weighted by Gasteiger charge is 2.04. The SMILES string of the molecule is CCOC(=O)COc1cccc(NC(=O)/C=C/c2cccs2)c1. The Hall–Kier alpha value is -2.60. The van der Waals surface area contributed by atoms with Crippen LogP contribution in [0.1, 0.15) is 11.8 Å². The maximum atomic E-state index is 11.9. The van der Waals surface area contributed by atoms with Crippen molar-refractivity contribution in [1.29, 1.82) is 0 Å². The zero-order valence-corrected chi connectivity index (χ0v) is 13.5. The quantitative estimate of drug-likeness (QED) is 0.624. The molecule has 0 atom stereocenters.